The first-order chi connectivity index (χ1) is 10.1. The second-order valence-corrected chi connectivity index (χ2v) is 6.76. The standard InChI is InChI=1S/C18H26FNO/c1-14-13-15(19)7-8-16(14)17(21)18(9-3-4-10-18)20-11-5-2-6-12-20/h7-8,13,17,21H,2-6,9-12H2,1H3. The molecule has 1 aliphatic carbocycles. The Balaban J connectivity index is 1.92. The molecule has 2 nitrogen and oxygen atoms in total. The Hall–Kier alpha value is -0.930. The van der Waals surface area contributed by atoms with Crippen LogP contribution in [0.2, 0.25) is 0 Å². The highest BCUT2D eigenvalue weighted by molar-refractivity contribution is 5.31. The molecule has 2 aliphatic rings. The summed E-state index contributed by atoms with van der Waals surface area (Å²) in [6.45, 7) is 4.09. The Kier molecular flexibility index (Phi) is 4.32. The molecule has 0 bridgehead atoms. The molecule has 0 spiro atoms. The van der Waals surface area contributed by atoms with Crippen LogP contribution in [0.1, 0.15) is 62.2 Å². The number of likely N-dealkylation sites (tertiary alicyclic amines) is 1. The van der Waals surface area contributed by atoms with Crippen molar-refractivity contribution in [2.75, 3.05) is 13.1 Å². The molecular weight excluding hydrogens is 265 g/mol. The summed E-state index contributed by atoms with van der Waals surface area (Å²) in [5, 5.41) is 11.1. The Morgan fingerprint density at radius 2 is 1.76 bits per heavy atom. The molecule has 1 aromatic rings. The Morgan fingerprint density at radius 3 is 2.38 bits per heavy atom. The highest BCUT2D eigenvalue weighted by Gasteiger charge is 2.46. The summed E-state index contributed by atoms with van der Waals surface area (Å²) < 4.78 is 13.3. The molecule has 1 saturated heterocycles. The van der Waals surface area contributed by atoms with Gasteiger partial charge in [0.25, 0.3) is 0 Å². The van der Waals surface area contributed by atoms with Gasteiger partial charge < -0.3 is 5.11 Å². The van der Waals surface area contributed by atoms with Crippen molar-refractivity contribution < 1.29 is 9.50 Å². The van der Waals surface area contributed by atoms with E-state index in [-0.39, 0.29) is 11.4 Å². The number of rotatable bonds is 3. The number of hydrogen-bond acceptors (Lipinski definition) is 2. The van der Waals surface area contributed by atoms with Crippen LogP contribution in [0, 0.1) is 12.7 Å². The number of piperidine rings is 1. The minimum absolute atomic E-state index is 0.122. The molecule has 21 heavy (non-hydrogen) atoms. The average Bonchev–Trinajstić information content (AvgIpc) is 2.98. The first kappa shape index (κ1) is 15.0. The number of nitrogens with zero attached hydrogens (tertiary/aromatic N) is 1. The van der Waals surface area contributed by atoms with Gasteiger partial charge in [-0.25, -0.2) is 4.39 Å². The van der Waals surface area contributed by atoms with E-state index in [9.17, 15) is 9.50 Å². The molecule has 0 radical (unpaired) electrons. The molecule has 1 saturated carbocycles. The van der Waals surface area contributed by atoms with Crippen LogP contribution < -0.4 is 0 Å². The van der Waals surface area contributed by atoms with Crippen molar-refractivity contribution in [3.63, 3.8) is 0 Å². The number of hydrogen-bond donors (Lipinski definition) is 1. The number of aliphatic hydroxyl groups excluding tert-OH is 1. The van der Waals surface area contributed by atoms with E-state index < -0.39 is 6.10 Å². The normalized spacial score (nSPS) is 24.1. The van der Waals surface area contributed by atoms with E-state index in [4.69, 9.17) is 0 Å². The monoisotopic (exact) mass is 291 g/mol. The Morgan fingerprint density at radius 1 is 1.10 bits per heavy atom. The molecule has 1 N–H and O–H groups in total. The third kappa shape index (κ3) is 2.74. The zero-order chi connectivity index (χ0) is 14.9. The van der Waals surface area contributed by atoms with Gasteiger partial charge in [0.1, 0.15) is 5.82 Å². The average molecular weight is 291 g/mol. The van der Waals surface area contributed by atoms with E-state index in [0.717, 1.165) is 37.1 Å². The number of aliphatic hydroxyl groups is 1. The molecular formula is C18H26FNO. The topological polar surface area (TPSA) is 23.5 Å². The highest BCUT2D eigenvalue weighted by atomic mass is 19.1. The fourth-order valence-corrected chi connectivity index (χ4v) is 4.32. The quantitative estimate of drug-likeness (QED) is 0.911. The van der Waals surface area contributed by atoms with Crippen molar-refractivity contribution in [1.29, 1.82) is 0 Å². The van der Waals surface area contributed by atoms with Crippen molar-refractivity contribution in [3.05, 3.63) is 35.1 Å². The van der Waals surface area contributed by atoms with Crippen molar-refractivity contribution in [1.82, 2.24) is 4.90 Å². The van der Waals surface area contributed by atoms with Crippen molar-refractivity contribution in [2.24, 2.45) is 0 Å². The predicted octanol–water partition coefficient (Wildman–Crippen LogP) is 3.97. The molecule has 1 atom stereocenters. The zero-order valence-corrected chi connectivity index (χ0v) is 12.9. The van der Waals surface area contributed by atoms with Crippen LogP contribution in [-0.4, -0.2) is 28.6 Å². The third-order valence-electron chi connectivity index (χ3n) is 5.49. The number of aryl methyl sites for hydroxylation is 1. The minimum atomic E-state index is -0.501. The lowest BCUT2D eigenvalue weighted by Crippen LogP contribution is -2.53. The van der Waals surface area contributed by atoms with Gasteiger partial charge in [-0.05, 0) is 69.0 Å². The third-order valence-corrected chi connectivity index (χ3v) is 5.49. The van der Waals surface area contributed by atoms with Gasteiger partial charge in [0.05, 0.1) is 11.6 Å². The van der Waals surface area contributed by atoms with Crippen molar-refractivity contribution in [3.8, 4) is 0 Å². The van der Waals surface area contributed by atoms with Crippen LogP contribution in [0.15, 0.2) is 18.2 Å². The molecule has 0 aromatic heterocycles. The maximum Gasteiger partial charge on any atom is 0.123 e. The van der Waals surface area contributed by atoms with E-state index in [1.807, 2.05) is 6.92 Å². The lowest BCUT2D eigenvalue weighted by Gasteiger charge is -2.47. The molecule has 1 aromatic carbocycles. The van der Waals surface area contributed by atoms with Gasteiger partial charge in [-0.1, -0.05) is 25.3 Å². The molecule has 1 aliphatic heterocycles. The second-order valence-electron chi connectivity index (χ2n) is 6.76. The SMILES string of the molecule is Cc1cc(F)ccc1C(O)C1(N2CCCCC2)CCCC1. The van der Waals surface area contributed by atoms with Gasteiger partial charge >= 0.3 is 0 Å². The Labute approximate surface area is 127 Å². The maximum absolute atomic E-state index is 13.3. The van der Waals surface area contributed by atoms with Crippen molar-refractivity contribution in [2.45, 2.75) is 63.5 Å². The van der Waals surface area contributed by atoms with Gasteiger partial charge in [0.15, 0.2) is 0 Å². The molecule has 116 valence electrons. The maximum atomic E-state index is 13.3. The van der Waals surface area contributed by atoms with Crippen LogP contribution in [0.5, 0.6) is 0 Å². The van der Waals surface area contributed by atoms with Gasteiger partial charge in [0, 0.05) is 0 Å². The van der Waals surface area contributed by atoms with Crippen LogP contribution in [-0.2, 0) is 0 Å². The van der Waals surface area contributed by atoms with E-state index in [1.54, 1.807) is 6.07 Å². The van der Waals surface area contributed by atoms with Gasteiger partial charge in [-0.3, -0.25) is 4.90 Å². The van der Waals surface area contributed by atoms with Crippen LogP contribution in [0.4, 0.5) is 4.39 Å². The van der Waals surface area contributed by atoms with Gasteiger partial charge in [-0.2, -0.15) is 0 Å². The van der Waals surface area contributed by atoms with E-state index >= 15 is 0 Å². The largest absolute Gasteiger partial charge is 0.386 e. The summed E-state index contributed by atoms with van der Waals surface area (Å²) in [4.78, 5) is 2.52. The molecule has 2 fully saturated rings. The minimum Gasteiger partial charge on any atom is -0.386 e. The molecule has 3 heteroatoms. The molecule has 1 heterocycles. The lowest BCUT2D eigenvalue weighted by molar-refractivity contribution is -0.0408. The lowest BCUT2D eigenvalue weighted by atomic mass is 9.81. The van der Waals surface area contributed by atoms with E-state index in [0.29, 0.717) is 0 Å². The van der Waals surface area contributed by atoms with Crippen molar-refractivity contribution >= 4 is 0 Å². The summed E-state index contributed by atoms with van der Waals surface area (Å²) in [7, 11) is 0. The van der Waals surface area contributed by atoms with Crippen LogP contribution in [0.25, 0.3) is 0 Å². The second kappa shape index (κ2) is 6.05. The van der Waals surface area contributed by atoms with E-state index in [1.165, 1.54) is 44.2 Å². The fraction of sp³-hybridized carbons (Fsp3) is 0.667. The first-order valence-electron chi connectivity index (χ1n) is 8.33. The van der Waals surface area contributed by atoms with E-state index in [2.05, 4.69) is 4.90 Å². The van der Waals surface area contributed by atoms with Gasteiger partial charge in [-0.15, -0.1) is 0 Å². The predicted molar refractivity (Wildman–Crippen MR) is 82.7 cm³/mol. The summed E-state index contributed by atoms with van der Waals surface area (Å²) in [5.74, 6) is -0.220. The first-order valence-corrected chi connectivity index (χ1v) is 8.33. The molecule has 0 amide bonds. The summed E-state index contributed by atoms with van der Waals surface area (Å²) in [6, 6.07) is 4.79. The Bertz CT molecular complexity index is 490. The van der Waals surface area contributed by atoms with Crippen LogP contribution >= 0.6 is 0 Å². The summed E-state index contributed by atoms with van der Waals surface area (Å²) >= 11 is 0. The van der Waals surface area contributed by atoms with Gasteiger partial charge in [0.2, 0.25) is 0 Å². The fourth-order valence-electron chi connectivity index (χ4n) is 4.32. The molecule has 3 rings (SSSR count). The van der Waals surface area contributed by atoms with Crippen LogP contribution in [0.3, 0.4) is 0 Å². The number of benzene rings is 1. The number of halogens is 1. The smallest absolute Gasteiger partial charge is 0.123 e. The summed E-state index contributed by atoms with van der Waals surface area (Å²) in [5.41, 5.74) is 1.65. The molecule has 1 unspecified atom stereocenters. The zero-order valence-electron chi connectivity index (χ0n) is 12.9. The summed E-state index contributed by atoms with van der Waals surface area (Å²) in [6.07, 6.45) is 7.77. The highest BCUT2D eigenvalue weighted by Crippen LogP contribution is 2.46.